The van der Waals surface area contributed by atoms with Crippen molar-refractivity contribution in [1.82, 2.24) is 14.8 Å². The molecule has 12 heteroatoms. The molecule has 12 nitrogen and oxygen atoms in total. The third kappa shape index (κ3) is 3.93. The fourth-order valence-corrected chi connectivity index (χ4v) is 3.25. The monoisotopic (exact) mass is 438 g/mol. The number of nitro groups is 1. The zero-order valence-corrected chi connectivity index (χ0v) is 17.1. The molecule has 1 aliphatic heterocycles. The van der Waals surface area contributed by atoms with Crippen molar-refractivity contribution in [2.75, 3.05) is 24.9 Å². The first-order valence-electron chi connectivity index (χ1n) is 9.43. The number of hydrogen-bond acceptors (Lipinski definition) is 8. The molecule has 0 spiro atoms. The predicted molar refractivity (Wildman–Crippen MR) is 113 cm³/mol. The van der Waals surface area contributed by atoms with Crippen LogP contribution in [0.5, 0.6) is 11.5 Å². The number of anilines is 2. The van der Waals surface area contributed by atoms with Gasteiger partial charge in [-0.3, -0.25) is 25.0 Å². The second kappa shape index (κ2) is 8.34. The van der Waals surface area contributed by atoms with Crippen molar-refractivity contribution in [2.45, 2.75) is 12.5 Å². The molecule has 4 rings (SSSR count). The number of benzene rings is 2. The van der Waals surface area contributed by atoms with E-state index in [1.807, 2.05) is 0 Å². The summed E-state index contributed by atoms with van der Waals surface area (Å²) in [5.41, 5.74) is 0.799. The predicted octanol–water partition coefficient (Wildman–Crippen LogP) is 2.39. The minimum absolute atomic E-state index is 0.131. The molecule has 2 aromatic carbocycles. The molecule has 32 heavy (non-hydrogen) atoms. The van der Waals surface area contributed by atoms with Gasteiger partial charge in [-0.05, 0) is 30.3 Å². The van der Waals surface area contributed by atoms with Crippen molar-refractivity contribution in [1.29, 1.82) is 0 Å². The third-order valence-electron chi connectivity index (χ3n) is 4.86. The number of carbonyl (C=O) groups is 2. The van der Waals surface area contributed by atoms with Gasteiger partial charge in [0.2, 0.25) is 11.9 Å². The van der Waals surface area contributed by atoms with E-state index in [1.54, 1.807) is 31.4 Å². The summed E-state index contributed by atoms with van der Waals surface area (Å²) in [6.07, 6.45) is -0.218. The Morgan fingerprint density at radius 2 is 1.97 bits per heavy atom. The summed E-state index contributed by atoms with van der Waals surface area (Å²) >= 11 is 0. The Hall–Kier alpha value is -4.48. The van der Waals surface area contributed by atoms with E-state index in [-0.39, 0.29) is 29.5 Å². The highest BCUT2D eigenvalue weighted by molar-refractivity contribution is 6.01. The maximum atomic E-state index is 12.6. The number of rotatable bonds is 7. The third-order valence-corrected chi connectivity index (χ3v) is 4.86. The fraction of sp³-hybridized carbons (Fsp3) is 0.200. The molecule has 2 amide bonds. The van der Waals surface area contributed by atoms with Gasteiger partial charge < -0.3 is 14.8 Å². The summed E-state index contributed by atoms with van der Waals surface area (Å²) in [5, 5.41) is 20.5. The first-order chi connectivity index (χ1) is 15.4. The average molecular weight is 438 g/mol. The van der Waals surface area contributed by atoms with Crippen molar-refractivity contribution in [3.63, 3.8) is 0 Å². The Morgan fingerprint density at radius 3 is 2.62 bits per heavy atom. The molecule has 1 aliphatic rings. The smallest absolute Gasteiger partial charge is 0.273 e. The van der Waals surface area contributed by atoms with Gasteiger partial charge in [-0.2, -0.15) is 4.98 Å². The normalized spacial score (nSPS) is 14.4. The summed E-state index contributed by atoms with van der Waals surface area (Å²) in [5.74, 6) is 0.548. The van der Waals surface area contributed by atoms with Gasteiger partial charge >= 0.3 is 0 Å². The molecule has 0 bridgehead atoms. The van der Waals surface area contributed by atoms with Crippen molar-refractivity contribution < 1.29 is 24.0 Å². The van der Waals surface area contributed by atoms with Crippen LogP contribution in [0.2, 0.25) is 0 Å². The number of carbonyl (C=O) groups excluding carboxylic acids is 2. The number of nitro benzene ring substituents is 1. The largest absolute Gasteiger partial charge is 0.497 e. The van der Waals surface area contributed by atoms with Crippen LogP contribution in [0.3, 0.4) is 0 Å². The van der Waals surface area contributed by atoms with Crippen molar-refractivity contribution in [2.24, 2.45) is 0 Å². The van der Waals surface area contributed by atoms with Crippen LogP contribution in [0.25, 0.3) is 11.4 Å². The van der Waals surface area contributed by atoms with E-state index in [0.29, 0.717) is 11.6 Å². The zero-order chi connectivity index (χ0) is 22.8. The van der Waals surface area contributed by atoms with Gasteiger partial charge in [0.25, 0.3) is 11.6 Å². The number of aromatic nitrogens is 3. The lowest BCUT2D eigenvalue weighted by Crippen LogP contribution is -2.24. The van der Waals surface area contributed by atoms with Gasteiger partial charge in [-0.25, -0.2) is 4.68 Å². The summed E-state index contributed by atoms with van der Waals surface area (Å²) in [4.78, 5) is 39.6. The van der Waals surface area contributed by atoms with Crippen molar-refractivity contribution >= 4 is 29.1 Å². The SMILES string of the molecule is COc1ccc(-c2nc3n(n2)C(CC(=O)Nc2ccc([N+](=O)[O-])cc2OC)C(=O)N3)cc1. The number of nitrogens with one attached hydrogen (secondary N) is 2. The number of non-ortho nitro benzene ring substituents is 1. The van der Waals surface area contributed by atoms with Crippen molar-refractivity contribution in [3.8, 4) is 22.9 Å². The maximum Gasteiger partial charge on any atom is 0.273 e. The lowest BCUT2D eigenvalue weighted by molar-refractivity contribution is -0.384. The molecule has 3 aromatic rings. The standard InChI is InChI=1S/C20H18N6O6/c1-31-13-6-3-11(4-7-13)18-22-20-23-19(28)15(25(20)24-18)10-17(27)21-14-8-5-12(26(29)30)9-16(14)32-2/h3-9,15H,10H2,1-2H3,(H,21,27)(H,22,23,24,28). The van der Waals surface area contributed by atoms with E-state index in [0.717, 1.165) is 5.56 Å². The number of ether oxygens (including phenoxy) is 2. The van der Waals surface area contributed by atoms with Crippen LogP contribution >= 0.6 is 0 Å². The van der Waals surface area contributed by atoms with E-state index in [9.17, 15) is 19.7 Å². The topological polar surface area (TPSA) is 151 Å². The number of amides is 2. The van der Waals surface area contributed by atoms with E-state index >= 15 is 0 Å². The molecule has 1 aromatic heterocycles. The van der Waals surface area contributed by atoms with E-state index < -0.39 is 22.8 Å². The molecule has 1 atom stereocenters. The Labute approximate surface area is 181 Å². The average Bonchev–Trinajstić information content (AvgIpc) is 3.32. The molecule has 0 radical (unpaired) electrons. The first kappa shape index (κ1) is 20.8. The number of hydrogen-bond donors (Lipinski definition) is 2. The lowest BCUT2D eigenvalue weighted by Gasteiger charge is -2.12. The fourth-order valence-electron chi connectivity index (χ4n) is 3.25. The minimum atomic E-state index is -0.895. The summed E-state index contributed by atoms with van der Waals surface area (Å²) in [6, 6.07) is 10.0. The zero-order valence-electron chi connectivity index (χ0n) is 17.1. The molecular weight excluding hydrogens is 420 g/mol. The van der Waals surface area contributed by atoms with Crippen LogP contribution in [0.15, 0.2) is 42.5 Å². The van der Waals surface area contributed by atoms with Gasteiger partial charge in [0, 0.05) is 11.6 Å². The maximum absolute atomic E-state index is 12.6. The second-order valence-corrected chi connectivity index (χ2v) is 6.83. The van der Waals surface area contributed by atoms with Crippen LogP contribution in [-0.4, -0.2) is 45.7 Å². The van der Waals surface area contributed by atoms with E-state index in [1.165, 1.54) is 30.0 Å². The Kier molecular flexibility index (Phi) is 5.41. The Balaban J connectivity index is 1.51. The highest BCUT2D eigenvalue weighted by atomic mass is 16.6. The van der Waals surface area contributed by atoms with Crippen LogP contribution in [0.4, 0.5) is 17.3 Å². The van der Waals surface area contributed by atoms with E-state index in [2.05, 4.69) is 20.7 Å². The lowest BCUT2D eigenvalue weighted by atomic mass is 10.2. The molecule has 1 unspecified atom stereocenters. The van der Waals surface area contributed by atoms with Gasteiger partial charge in [-0.1, -0.05) is 0 Å². The molecule has 0 saturated heterocycles. The molecule has 2 N–H and O–H groups in total. The molecule has 2 heterocycles. The molecular formula is C20H18N6O6. The summed E-state index contributed by atoms with van der Waals surface area (Å²) < 4.78 is 11.6. The van der Waals surface area contributed by atoms with Gasteiger partial charge in [-0.15, -0.1) is 5.10 Å². The van der Waals surface area contributed by atoms with Gasteiger partial charge in [0.15, 0.2) is 5.82 Å². The molecule has 164 valence electrons. The van der Waals surface area contributed by atoms with Crippen LogP contribution in [-0.2, 0) is 9.59 Å². The number of fused-ring (bicyclic) bond motifs is 1. The Morgan fingerprint density at radius 1 is 1.22 bits per heavy atom. The molecule has 0 fully saturated rings. The summed E-state index contributed by atoms with van der Waals surface area (Å²) in [6.45, 7) is 0. The number of methoxy groups -OCH3 is 2. The first-order valence-corrected chi connectivity index (χ1v) is 9.43. The summed E-state index contributed by atoms with van der Waals surface area (Å²) in [7, 11) is 2.90. The van der Waals surface area contributed by atoms with Crippen LogP contribution in [0, 0.1) is 10.1 Å². The highest BCUT2D eigenvalue weighted by Crippen LogP contribution is 2.31. The van der Waals surface area contributed by atoms with E-state index in [4.69, 9.17) is 9.47 Å². The van der Waals surface area contributed by atoms with Gasteiger partial charge in [0.05, 0.1) is 37.3 Å². The number of nitrogens with zero attached hydrogens (tertiary/aromatic N) is 4. The van der Waals surface area contributed by atoms with Gasteiger partial charge in [0.1, 0.15) is 17.5 Å². The molecule has 0 aliphatic carbocycles. The Bertz CT molecular complexity index is 1210. The minimum Gasteiger partial charge on any atom is -0.497 e. The van der Waals surface area contributed by atoms with Crippen LogP contribution in [0.1, 0.15) is 12.5 Å². The van der Waals surface area contributed by atoms with Crippen LogP contribution < -0.4 is 20.1 Å². The van der Waals surface area contributed by atoms with Crippen molar-refractivity contribution in [3.05, 3.63) is 52.6 Å². The highest BCUT2D eigenvalue weighted by Gasteiger charge is 2.35. The second-order valence-electron chi connectivity index (χ2n) is 6.83. The molecule has 0 saturated carbocycles. The quantitative estimate of drug-likeness (QED) is 0.422.